The van der Waals surface area contributed by atoms with Gasteiger partial charge in [-0.3, -0.25) is 9.69 Å². The zero-order chi connectivity index (χ0) is 12.5. The average molecular weight is 240 g/mol. The zero-order valence-electron chi connectivity index (χ0n) is 10.9. The second-order valence-corrected chi connectivity index (χ2v) is 6.51. The van der Waals surface area contributed by atoms with Crippen LogP contribution in [0, 0.1) is 19.3 Å². The largest absolute Gasteiger partial charge is 0.291 e. The van der Waals surface area contributed by atoms with Crippen LogP contribution in [0.3, 0.4) is 0 Å². The highest BCUT2D eigenvalue weighted by Gasteiger charge is 2.21. The van der Waals surface area contributed by atoms with Crippen molar-refractivity contribution in [2.24, 2.45) is 5.41 Å². The first kappa shape index (κ1) is 13.2. The first-order valence-electron chi connectivity index (χ1n) is 5.41. The Labute approximate surface area is 101 Å². The lowest BCUT2D eigenvalue weighted by Crippen LogP contribution is -2.29. The monoisotopic (exact) mass is 240 g/mol. The Balaban J connectivity index is 2.78. The van der Waals surface area contributed by atoms with Crippen LogP contribution in [-0.2, 0) is 4.79 Å². The minimum Gasteiger partial charge on any atom is -0.291 e. The second-order valence-electron chi connectivity index (χ2n) is 5.33. The molecule has 0 unspecified atom stereocenters. The first-order chi connectivity index (χ1) is 7.20. The van der Waals surface area contributed by atoms with E-state index in [0.29, 0.717) is 6.42 Å². The SMILES string of the molecule is Cc1nc(N(C)C(=O)CC(C)(C)C)sc1C. The van der Waals surface area contributed by atoms with Gasteiger partial charge in [0.05, 0.1) is 5.69 Å². The molecule has 1 rings (SSSR count). The van der Waals surface area contributed by atoms with E-state index in [1.165, 1.54) is 4.88 Å². The van der Waals surface area contributed by atoms with Gasteiger partial charge >= 0.3 is 0 Å². The maximum absolute atomic E-state index is 12.0. The Morgan fingerprint density at radius 2 is 1.94 bits per heavy atom. The number of thiazole rings is 1. The summed E-state index contributed by atoms with van der Waals surface area (Å²) in [4.78, 5) is 19.2. The zero-order valence-corrected chi connectivity index (χ0v) is 11.7. The minimum atomic E-state index is 0.0205. The molecule has 0 aliphatic carbocycles. The summed E-state index contributed by atoms with van der Waals surface area (Å²) in [6.45, 7) is 10.2. The Bertz CT molecular complexity index is 371. The van der Waals surface area contributed by atoms with Crippen LogP contribution in [0.2, 0.25) is 0 Å². The Morgan fingerprint density at radius 3 is 2.31 bits per heavy atom. The molecule has 0 saturated carbocycles. The van der Waals surface area contributed by atoms with Crippen LogP contribution in [0.5, 0.6) is 0 Å². The molecule has 3 nitrogen and oxygen atoms in total. The quantitative estimate of drug-likeness (QED) is 0.795. The maximum Gasteiger partial charge on any atom is 0.229 e. The normalized spacial score (nSPS) is 11.6. The number of hydrogen-bond donors (Lipinski definition) is 0. The second kappa shape index (κ2) is 4.53. The summed E-state index contributed by atoms with van der Waals surface area (Å²) >= 11 is 1.57. The number of carbonyl (C=O) groups is 1. The molecular weight excluding hydrogens is 220 g/mol. The lowest BCUT2D eigenvalue weighted by atomic mass is 9.92. The number of anilines is 1. The fourth-order valence-electron chi connectivity index (χ4n) is 1.28. The summed E-state index contributed by atoms with van der Waals surface area (Å²) in [6.07, 6.45) is 0.543. The molecule has 0 aliphatic heterocycles. The van der Waals surface area contributed by atoms with Gasteiger partial charge in [0.1, 0.15) is 0 Å². The molecule has 90 valence electrons. The molecule has 0 aromatic carbocycles. The molecule has 1 amide bonds. The third kappa shape index (κ3) is 3.30. The topological polar surface area (TPSA) is 33.2 Å². The van der Waals surface area contributed by atoms with E-state index in [4.69, 9.17) is 0 Å². The van der Waals surface area contributed by atoms with Crippen molar-refractivity contribution >= 4 is 22.4 Å². The highest BCUT2D eigenvalue weighted by molar-refractivity contribution is 7.15. The van der Waals surface area contributed by atoms with Crippen molar-refractivity contribution in [2.75, 3.05) is 11.9 Å². The van der Waals surface area contributed by atoms with E-state index in [1.807, 2.05) is 13.8 Å². The summed E-state index contributed by atoms with van der Waals surface area (Å²) in [5, 5.41) is 0.796. The van der Waals surface area contributed by atoms with Gasteiger partial charge in [-0.15, -0.1) is 11.3 Å². The third-order valence-corrected chi connectivity index (χ3v) is 3.51. The van der Waals surface area contributed by atoms with E-state index in [9.17, 15) is 4.79 Å². The fourth-order valence-corrected chi connectivity index (χ4v) is 2.17. The summed E-state index contributed by atoms with van der Waals surface area (Å²) < 4.78 is 0. The number of aromatic nitrogens is 1. The molecule has 0 radical (unpaired) electrons. The van der Waals surface area contributed by atoms with Crippen LogP contribution < -0.4 is 4.90 Å². The van der Waals surface area contributed by atoms with Crippen LogP contribution in [0.15, 0.2) is 0 Å². The van der Waals surface area contributed by atoms with Crippen molar-refractivity contribution in [2.45, 2.75) is 41.0 Å². The molecule has 0 N–H and O–H groups in total. The van der Waals surface area contributed by atoms with Gasteiger partial charge in [0.15, 0.2) is 5.13 Å². The van der Waals surface area contributed by atoms with E-state index in [-0.39, 0.29) is 11.3 Å². The van der Waals surface area contributed by atoms with E-state index < -0.39 is 0 Å². The lowest BCUT2D eigenvalue weighted by Gasteiger charge is -2.21. The van der Waals surface area contributed by atoms with Gasteiger partial charge in [-0.05, 0) is 19.3 Å². The van der Waals surface area contributed by atoms with Crippen molar-refractivity contribution in [3.63, 3.8) is 0 Å². The van der Waals surface area contributed by atoms with Gasteiger partial charge in [0.2, 0.25) is 5.91 Å². The van der Waals surface area contributed by atoms with E-state index in [1.54, 1.807) is 23.3 Å². The standard InChI is InChI=1S/C12H20N2OS/c1-8-9(2)16-11(13-8)14(6)10(15)7-12(3,4)5/h7H2,1-6H3. The van der Waals surface area contributed by atoms with Gasteiger partial charge in [0.25, 0.3) is 0 Å². The molecule has 4 heteroatoms. The molecule has 1 aromatic rings. The molecular formula is C12H20N2OS. The van der Waals surface area contributed by atoms with Crippen molar-refractivity contribution in [3.8, 4) is 0 Å². The van der Waals surface area contributed by atoms with Gasteiger partial charge in [-0.25, -0.2) is 4.98 Å². The van der Waals surface area contributed by atoms with Gasteiger partial charge in [-0.1, -0.05) is 20.8 Å². The Morgan fingerprint density at radius 1 is 1.38 bits per heavy atom. The number of carbonyl (C=O) groups excluding carboxylic acids is 1. The van der Waals surface area contributed by atoms with Crippen molar-refractivity contribution < 1.29 is 4.79 Å². The molecule has 0 atom stereocenters. The summed E-state index contributed by atoms with van der Waals surface area (Å²) in [5.41, 5.74) is 1.03. The molecule has 16 heavy (non-hydrogen) atoms. The Kier molecular flexibility index (Phi) is 3.73. The van der Waals surface area contributed by atoms with Crippen LogP contribution in [-0.4, -0.2) is 17.9 Å². The smallest absolute Gasteiger partial charge is 0.229 e. The molecule has 0 spiro atoms. The van der Waals surface area contributed by atoms with E-state index in [2.05, 4.69) is 25.8 Å². The summed E-state index contributed by atoms with van der Waals surface area (Å²) in [7, 11) is 1.80. The molecule has 1 aromatic heterocycles. The van der Waals surface area contributed by atoms with Gasteiger partial charge in [0, 0.05) is 18.3 Å². The maximum atomic E-state index is 12.0. The average Bonchev–Trinajstić information content (AvgIpc) is 2.43. The van der Waals surface area contributed by atoms with Crippen molar-refractivity contribution in [1.82, 2.24) is 4.98 Å². The predicted octanol–water partition coefficient (Wildman–Crippen LogP) is 3.16. The molecule has 0 bridgehead atoms. The highest BCUT2D eigenvalue weighted by Crippen LogP contribution is 2.27. The van der Waals surface area contributed by atoms with Crippen molar-refractivity contribution in [3.05, 3.63) is 10.6 Å². The molecule has 1 heterocycles. The van der Waals surface area contributed by atoms with Gasteiger partial charge in [-0.2, -0.15) is 0 Å². The first-order valence-corrected chi connectivity index (χ1v) is 6.23. The van der Waals surface area contributed by atoms with Crippen LogP contribution in [0.25, 0.3) is 0 Å². The van der Waals surface area contributed by atoms with Crippen LogP contribution in [0.4, 0.5) is 5.13 Å². The molecule has 0 fully saturated rings. The number of amides is 1. The molecule has 0 saturated heterocycles. The summed E-state index contributed by atoms with van der Waals surface area (Å²) in [6, 6.07) is 0. The lowest BCUT2D eigenvalue weighted by molar-refractivity contribution is -0.120. The number of hydrogen-bond acceptors (Lipinski definition) is 3. The van der Waals surface area contributed by atoms with Crippen molar-refractivity contribution in [1.29, 1.82) is 0 Å². The number of aryl methyl sites for hydroxylation is 2. The highest BCUT2D eigenvalue weighted by atomic mass is 32.1. The van der Waals surface area contributed by atoms with Crippen LogP contribution in [0.1, 0.15) is 37.8 Å². The van der Waals surface area contributed by atoms with E-state index in [0.717, 1.165) is 10.8 Å². The third-order valence-electron chi connectivity index (χ3n) is 2.36. The predicted molar refractivity (Wildman–Crippen MR) is 69.1 cm³/mol. The van der Waals surface area contributed by atoms with E-state index >= 15 is 0 Å². The molecule has 0 aliphatic rings. The number of rotatable bonds is 2. The fraction of sp³-hybridized carbons (Fsp3) is 0.667. The Hall–Kier alpha value is -0.900. The minimum absolute atomic E-state index is 0.0205. The summed E-state index contributed by atoms with van der Waals surface area (Å²) in [5.74, 6) is 0.126. The van der Waals surface area contributed by atoms with Crippen LogP contribution >= 0.6 is 11.3 Å². The number of nitrogens with zero attached hydrogens (tertiary/aromatic N) is 2. The van der Waals surface area contributed by atoms with Gasteiger partial charge < -0.3 is 0 Å².